The Labute approximate surface area is 116 Å². The summed E-state index contributed by atoms with van der Waals surface area (Å²) in [4.78, 5) is 11.9. The maximum absolute atomic E-state index is 13.1. The molecule has 0 heterocycles. The summed E-state index contributed by atoms with van der Waals surface area (Å²) in [5.74, 6) is -0.866. The summed E-state index contributed by atoms with van der Waals surface area (Å²) in [6.07, 6.45) is 0. The molecule has 0 aromatic heterocycles. The van der Waals surface area contributed by atoms with Gasteiger partial charge < -0.3 is 5.32 Å². The summed E-state index contributed by atoms with van der Waals surface area (Å²) in [5.41, 5.74) is 2.28. The minimum atomic E-state index is -0.482. The quantitative estimate of drug-likeness (QED) is 0.910. The molecule has 2 aromatic rings. The largest absolute Gasteiger partial charge is 0.348 e. The fraction of sp³-hybridized carbons (Fsp3) is 0.133. The van der Waals surface area contributed by atoms with Crippen LogP contribution in [-0.2, 0) is 6.54 Å². The first kappa shape index (κ1) is 13.6. The van der Waals surface area contributed by atoms with Gasteiger partial charge >= 0.3 is 0 Å². The Bertz CT molecular complexity index is 596. The molecule has 0 bridgehead atoms. The van der Waals surface area contributed by atoms with Crippen LogP contribution >= 0.6 is 11.6 Å². The maximum atomic E-state index is 13.1. The van der Waals surface area contributed by atoms with E-state index in [1.165, 1.54) is 12.1 Å². The molecule has 0 aliphatic carbocycles. The Morgan fingerprint density at radius 3 is 2.58 bits per heavy atom. The lowest BCUT2D eigenvalue weighted by Gasteiger charge is -2.07. The van der Waals surface area contributed by atoms with Gasteiger partial charge in [0, 0.05) is 6.54 Å². The van der Waals surface area contributed by atoms with Gasteiger partial charge in [-0.25, -0.2) is 4.39 Å². The molecule has 1 amide bonds. The topological polar surface area (TPSA) is 29.1 Å². The summed E-state index contributed by atoms with van der Waals surface area (Å²) in [5, 5.41) is 2.95. The van der Waals surface area contributed by atoms with Crippen molar-refractivity contribution in [3.63, 3.8) is 0 Å². The molecule has 4 heteroatoms. The third kappa shape index (κ3) is 3.55. The Kier molecular flexibility index (Phi) is 4.17. The summed E-state index contributed by atoms with van der Waals surface area (Å²) in [7, 11) is 0. The average molecular weight is 278 g/mol. The molecule has 0 spiro atoms. The first-order valence-electron chi connectivity index (χ1n) is 5.85. The van der Waals surface area contributed by atoms with E-state index in [4.69, 9.17) is 11.6 Å². The van der Waals surface area contributed by atoms with Crippen LogP contribution in [0.5, 0.6) is 0 Å². The van der Waals surface area contributed by atoms with Gasteiger partial charge in [-0.2, -0.15) is 0 Å². The standard InChI is InChI=1S/C15H13ClFNO/c1-10-2-4-11(5-3-10)9-18-15(19)13-8-12(17)6-7-14(13)16/h2-8H,9H2,1H3,(H,18,19). The van der Waals surface area contributed by atoms with Crippen LogP contribution in [0.25, 0.3) is 0 Å². The van der Waals surface area contributed by atoms with E-state index in [2.05, 4.69) is 5.32 Å². The van der Waals surface area contributed by atoms with Gasteiger partial charge in [-0.15, -0.1) is 0 Å². The third-order valence-electron chi connectivity index (χ3n) is 2.75. The zero-order valence-electron chi connectivity index (χ0n) is 10.4. The highest BCUT2D eigenvalue weighted by Gasteiger charge is 2.10. The Morgan fingerprint density at radius 2 is 1.89 bits per heavy atom. The van der Waals surface area contributed by atoms with Crippen LogP contribution < -0.4 is 5.32 Å². The lowest BCUT2D eigenvalue weighted by Crippen LogP contribution is -2.23. The first-order valence-corrected chi connectivity index (χ1v) is 6.23. The number of hydrogen-bond acceptors (Lipinski definition) is 1. The van der Waals surface area contributed by atoms with Gasteiger partial charge in [0.25, 0.3) is 5.91 Å². The van der Waals surface area contributed by atoms with Crippen molar-refractivity contribution in [2.24, 2.45) is 0 Å². The van der Waals surface area contributed by atoms with E-state index >= 15 is 0 Å². The molecule has 2 nitrogen and oxygen atoms in total. The maximum Gasteiger partial charge on any atom is 0.253 e. The van der Waals surface area contributed by atoms with Crippen molar-refractivity contribution in [1.82, 2.24) is 5.32 Å². The van der Waals surface area contributed by atoms with Crippen molar-refractivity contribution in [3.05, 3.63) is 70.0 Å². The predicted molar refractivity (Wildman–Crippen MR) is 73.8 cm³/mol. The number of nitrogens with one attached hydrogen (secondary N) is 1. The Morgan fingerprint density at radius 1 is 1.21 bits per heavy atom. The van der Waals surface area contributed by atoms with E-state index < -0.39 is 5.82 Å². The number of aryl methyl sites for hydroxylation is 1. The van der Waals surface area contributed by atoms with Gasteiger partial charge in [-0.05, 0) is 30.7 Å². The smallest absolute Gasteiger partial charge is 0.253 e. The van der Waals surface area contributed by atoms with Crippen molar-refractivity contribution in [2.75, 3.05) is 0 Å². The van der Waals surface area contributed by atoms with E-state index in [1.54, 1.807) is 0 Å². The van der Waals surface area contributed by atoms with Crippen LogP contribution in [0, 0.1) is 12.7 Å². The number of halogens is 2. The van der Waals surface area contributed by atoms with Crippen LogP contribution in [0.4, 0.5) is 4.39 Å². The highest BCUT2D eigenvalue weighted by molar-refractivity contribution is 6.33. The molecule has 0 saturated carbocycles. The molecule has 0 saturated heterocycles. The van der Waals surface area contributed by atoms with E-state index in [1.807, 2.05) is 31.2 Å². The minimum Gasteiger partial charge on any atom is -0.348 e. The highest BCUT2D eigenvalue weighted by atomic mass is 35.5. The lowest BCUT2D eigenvalue weighted by molar-refractivity contribution is 0.0950. The average Bonchev–Trinajstić information content (AvgIpc) is 2.40. The van der Waals surface area contributed by atoms with E-state index in [9.17, 15) is 9.18 Å². The van der Waals surface area contributed by atoms with Crippen LogP contribution in [-0.4, -0.2) is 5.91 Å². The zero-order valence-corrected chi connectivity index (χ0v) is 11.2. The zero-order chi connectivity index (χ0) is 13.8. The fourth-order valence-corrected chi connectivity index (χ4v) is 1.86. The van der Waals surface area contributed by atoms with Crippen molar-refractivity contribution in [1.29, 1.82) is 0 Å². The number of amides is 1. The lowest BCUT2D eigenvalue weighted by atomic mass is 10.1. The molecule has 98 valence electrons. The van der Waals surface area contributed by atoms with Crippen LogP contribution in [0.15, 0.2) is 42.5 Å². The minimum absolute atomic E-state index is 0.147. The van der Waals surface area contributed by atoms with E-state index in [0.29, 0.717) is 6.54 Å². The molecule has 0 unspecified atom stereocenters. The SMILES string of the molecule is Cc1ccc(CNC(=O)c2cc(F)ccc2Cl)cc1. The van der Waals surface area contributed by atoms with Gasteiger partial charge in [-0.1, -0.05) is 41.4 Å². The molecule has 2 aromatic carbocycles. The molecular formula is C15H13ClFNO. The number of rotatable bonds is 3. The summed E-state index contributed by atoms with van der Waals surface area (Å²) >= 11 is 5.87. The van der Waals surface area contributed by atoms with Gasteiger partial charge in [0.1, 0.15) is 5.82 Å². The Hall–Kier alpha value is -1.87. The summed E-state index contributed by atoms with van der Waals surface area (Å²) in [6, 6.07) is 11.5. The number of carbonyl (C=O) groups is 1. The molecule has 19 heavy (non-hydrogen) atoms. The van der Waals surface area contributed by atoms with Gasteiger partial charge in [0.2, 0.25) is 0 Å². The molecule has 0 atom stereocenters. The molecule has 0 radical (unpaired) electrons. The van der Waals surface area contributed by atoms with Crippen LogP contribution in [0.1, 0.15) is 21.5 Å². The van der Waals surface area contributed by atoms with Gasteiger partial charge in [-0.3, -0.25) is 4.79 Å². The number of benzene rings is 2. The second kappa shape index (κ2) is 5.85. The third-order valence-corrected chi connectivity index (χ3v) is 3.08. The van der Waals surface area contributed by atoms with Crippen LogP contribution in [0.3, 0.4) is 0 Å². The van der Waals surface area contributed by atoms with Crippen molar-refractivity contribution in [2.45, 2.75) is 13.5 Å². The summed E-state index contributed by atoms with van der Waals surface area (Å²) < 4.78 is 13.1. The van der Waals surface area contributed by atoms with E-state index in [0.717, 1.165) is 17.2 Å². The normalized spacial score (nSPS) is 10.3. The highest BCUT2D eigenvalue weighted by Crippen LogP contribution is 2.17. The van der Waals surface area contributed by atoms with Crippen molar-refractivity contribution < 1.29 is 9.18 Å². The van der Waals surface area contributed by atoms with Gasteiger partial charge in [0.05, 0.1) is 10.6 Å². The fourth-order valence-electron chi connectivity index (χ4n) is 1.65. The molecule has 0 fully saturated rings. The number of carbonyl (C=O) groups excluding carboxylic acids is 1. The Balaban J connectivity index is 2.05. The molecule has 0 aliphatic heterocycles. The van der Waals surface area contributed by atoms with Crippen molar-refractivity contribution >= 4 is 17.5 Å². The second-order valence-electron chi connectivity index (χ2n) is 4.29. The summed E-state index contributed by atoms with van der Waals surface area (Å²) in [6.45, 7) is 2.38. The molecule has 2 rings (SSSR count). The molecule has 0 aliphatic rings. The van der Waals surface area contributed by atoms with Gasteiger partial charge in [0.15, 0.2) is 0 Å². The van der Waals surface area contributed by atoms with E-state index in [-0.39, 0.29) is 16.5 Å². The van der Waals surface area contributed by atoms with Crippen molar-refractivity contribution in [3.8, 4) is 0 Å². The molecule has 1 N–H and O–H groups in total. The molecular weight excluding hydrogens is 265 g/mol. The second-order valence-corrected chi connectivity index (χ2v) is 4.70. The predicted octanol–water partition coefficient (Wildman–Crippen LogP) is 3.72. The monoisotopic (exact) mass is 277 g/mol. The number of hydrogen-bond donors (Lipinski definition) is 1. The van der Waals surface area contributed by atoms with Crippen LogP contribution in [0.2, 0.25) is 5.02 Å². The first-order chi connectivity index (χ1) is 9.06.